The highest BCUT2D eigenvalue weighted by atomic mass is 79.9. The van der Waals surface area contributed by atoms with Crippen molar-refractivity contribution in [1.29, 1.82) is 0 Å². The maximum atomic E-state index is 13.3. The van der Waals surface area contributed by atoms with Crippen molar-refractivity contribution < 1.29 is 14.4 Å². The second kappa shape index (κ2) is 10.4. The van der Waals surface area contributed by atoms with Crippen LogP contribution in [0.15, 0.2) is 53.4 Å². The summed E-state index contributed by atoms with van der Waals surface area (Å²) in [5.41, 5.74) is 2.59. The number of thioether (sulfide) groups is 1. The first kappa shape index (κ1) is 25.0. The van der Waals surface area contributed by atoms with Crippen LogP contribution in [0.5, 0.6) is 0 Å². The van der Waals surface area contributed by atoms with Crippen LogP contribution in [0.3, 0.4) is 0 Å². The number of aromatic nitrogens is 5. The summed E-state index contributed by atoms with van der Waals surface area (Å²) >= 11 is 4.68. The van der Waals surface area contributed by atoms with Gasteiger partial charge < -0.3 is 10.2 Å². The van der Waals surface area contributed by atoms with Gasteiger partial charge in [-0.25, -0.2) is 15.0 Å². The van der Waals surface area contributed by atoms with Gasteiger partial charge in [0.05, 0.1) is 5.52 Å². The number of amides is 2. The van der Waals surface area contributed by atoms with Crippen molar-refractivity contribution >= 4 is 62.0 Å². The molecule has 0 spiro atoms. The Balaban J connectivity index is 1.39. The predicted octanol–water partition coefficient (Wildman–Crippen LogP) is 3.70. The summed E-state index contributed by atoms with van der Waals surface area (Å²) in [7, 11) is 0. The van der Waals surface area contributed by atoms with E-state index in [4.69, 9.17) is 0 Å². The van der Waals surface area contributed by atoms with E-state index in [0.29, 0.717) is 39.4 Å². The number of pyridine rings is 1. The van der Waals surface area contributed by atoms with Crippen LogP contribution in [0.4, 0.5) is 5.82 Å². The highest BCUT2D eigenvalue weighted by molar-refractivity contribution is 9.10. The summed E-state index contributed by atoms with van der Waals surface area (Å²) in [6.07, 6.45) is 3.45. The Morgan fingerprint density at radius 1 is 1.14 bits per heavy atom. The molecule has 12 heteroatoms. The van der Waals surface area contributed by atoms with Gasteiger partial charge in [0.25, 0.3) is 5.91 Å². The van der Waals surface area contributed by atoms with Crippen molar-refractivity contribution in [2.75, 3.05) is 17.6 Å². The smallest absolute Gasteiger partial charge is 0.258 e. The minimum Gasteiger partial charge on any atom is -0.319 e. The minimum absolute atomic E-state index is 0.101. The second-order valence-electron chi connectivity index (χ2n) is 8.46. The van der Waals surface area contributed by atoms with E-state index in [2.05, 4.69) is 41.3 Å². The molecule has 0 radical (unpaired) electrons. The third-order valence-electron chi connectivity index (χ3n) is 5.89. The molecular formula is C25H22BrN7O3S. The number of aryl methyl sites for hydroxylation is 1. The summed E-state index contributed by atoms with van der Waals surface area (Å²) in [4.78, 5) is 52.9. The van der Waals surface area contributed by atoms with Gasteiger partial charge in [0, 0.05) is 42.6 Å². The summed E-state index contributed by atoms with van der Waals surface area (Å²) in [5, 5.41) is 7.20. The molecule has 1 aliphatic rings. The van der Waals surface area contributed by atoms with Gasteiger partial charge in [0.15, 0.2) is 11.2 Å². The van der Waals surface area contributed by atoms with E-state index in [-0.39, 0.29) is 29.8 Å². The molecule has 0 bridgehead atoms. The van der Waals surface area contributed by atoms with E-state index in [0.717, 1.165) is 11.1 Å². The second-order valence-corrected chi connectivity index (χ2v) is 10.5. The number of halogens is 1. The lowest BCUT2D eigenvalue weighted by atomic mass is 10.0. The van der Waals surface area contributed by atoms with Crippen LogP contribution in [0.25, 0.3) is 22.0 Å². The fourth-order valence-corrected chi connectivity index (χ4v) is 5.59. The molecule has 0 aliphatic carbocycles. The lowest BCUT2D eigenvalue weighted by molar-refractivity contribution is -0.135. The maximum Gasteiger partial charge on any atom is 0.258 e. The van der Waals surface area contributed by atoms with Crippen molar-refractivity contribution in [2.45, 2.75) is 25.8 Å². The Hall–Kier alpha value is -3.64. The molecule has 1 fully saturated rings. The van der Waals surface area contributed by atoms with Crippen molar-refractivity contribution in [3.8, 4) is 11.1 Å². The van der Waals surface area contributed by atoms with Gasteiger partial charge in [-0.05, 0) is 52.7 Å². The average molecular weight is 580 g/mol. The SMILES string of the molecule is CC(=O)c1nn(CC(=O)N2CCSC2C(=O)Nc2cccc(Br)n2)c2ccc(-c3cnc(C)nc3)cc12. The molecule has 37 heavy (non-hydrogen) atoms. The first-order chi connectivity index (χ1) is 17.8. The van der Waals surface area contributed by atoms with E-state index in [1.165, 1.54) is 28.3 Å². The Morgan fingerprint density at radius 2 is 1.92 bits per heavy atom. The lowest BCUT2D eigenvalue weighted by Gasteiger charge is -2.23. The number of fused-ring (bicyclic) bond motifs is 1. The van der Waals surface area contributed by atoms with E-state index in [1.54, 1.807) is 30.6 Å². The number of Topliss-reactive ketones (excluding diaryl/α,β-unsaturated/α-hetero) is 1. The molecule has 1 unspecified atom stereocenters. The van der Waals surface area contributed by atoms with Gasteiger partial charge in [-0.2, -0.15) is 5.10 Å². The lowest BCUT2D eigenvalue weighted by Crippen LogP contribution is -2.43. The molecule has 1 atom stereocenters. The number of nitrogens with one attached hydrogen (secondary N) is 1. The quantitative estimate of drug-likeness (QED) is 0.271. The zero-order valence-electron chi connectivity index (χ0n) is 20.0. The van der Waals surface area contributed by atoms with Gasteiger partial charge in [-0.1, -0.05) is 12.1 Å². The Kier molecular flexibility index (Phi) is 7.02. The monoisotopic (exact) mass is 579 g/mol. The average Bonchev–Trinajstić information content (AvgIpc) is 3.50. The molecule has 0 saturated carbocycles. The summed E-state index contributed by atoms with van der Waals surface area (Å²) < 4.78 is 2.12. The molecule has 1 aliphatic heterocycles. The number of hydrogen-bond acceptors (Lipinski definition) is 8. The van der Waals surface area contributed by atoms with Crippen LogP contribution in [0.1, 0.15) is 23.2 Å². The number of carbonyl (C=O) groups is 3. The fraction of sp³-hybridized carbons (Fsp3) is 0.240. The Labute approximate surface area is 225 Å². The highest BCUT2D eigenvalue weighted by Gasteiger charge is 2.35. The minimum atomic E-state index is -0.685. The van der Waals surface area contributed by atoms with Gasteiger partial charge in [-0.15, -0.1) is 11.8 Å². The first-order valence-corrected chi connectivity index (χ1v) is 13.3. The zero-order chi connectivity index (χ0) is 26.1. The summed E-state index contributed by atoms with van der Waals surface area (Å²) in [5.74, 6) is 0.919. The molecule has 3 aromatic heterocycles. The third-order valence-corrected chi connectivity index (χ3v) is 7.53. The molecular weight excluding hydrogens is 558 g/mol. The first-order valence-electron chi connectivity index (χ1n) is 11.4. The van der Waals surface area contributed by atoms with Crippen LogP contribution in [0, 0.1) is 6.92 Å². The van der Waals surface area contributed by atoms with Gasteiger partial charge in [0.2, 0.25) is 5.91 Å². The zero-order valence-corrected chi connectivity index (χ0v) is 22.4. The molecule has 1 aromatic carbocycles. The van der Waals surface area contributed by atoms with Crippen LogP contribution in [-0.2, 0) is 16.1 Å². The van der Waals surface area contributed by atoms with Crippen LogP contribution in [-0.4, -0.2) is 64.9 Å². The van der Waals surface area contributed by atoms with Gasteiger partial charge >= 0.3 is 0 Å². The molecule has 10 nitrogen and oxygen atoms in total. The Morgan fingerprint density at radius 3 is 2.65 bits per heavy atom. The van der Waals surface area contributed by atoms with E-state index < -0.39 is 5.37 Å². The molecule has 1 saturated heterocycles. The number of ketones is 1. The molecule has 188 valence electrons. The van der Waals surface area contributed by atoms with E-state index >= 15 is 0 Å². The normalized spacial score (nSPS) is 15.2. The van der Waals surface area contributed by atoms with Crippen molar-refractivity contribution in [3.05, 3.63) is 64.9 Å². The van der Waals surface area contributed by atoms with E-state index in [1.807, 2.05) is 25.1 Å². The number of rotatable bonds is 6. The number of benzene rings is 1. The van der Waals surface area contributed by atoms with Crippen LogP contribution >= 0.6 is 27.7 Å². The fourth-order valence-electron chi connectivity index (χ4n) is 4.11. The molecule has 1 N–H and O–H groups in total. The number of hydrogen-bond donors (Lipinski definition) is 1. The highest BCUT2D eigenvalue weighted by Crippen LogP contribution is 2.28. The van der Waals surface area contributed by atoms with Crippen LogP contribution < -0.4 is 5.32 Å². The van der Waals surface area contributed by atoms with Gasteiger partial charge in [0.1, 0.15) is 28.5 Å². The Bertz CT molecular complexity index is 1520. The standard InChI is InChI=1S/C25H22BrN7O3S/c1-14(34)23-18-10-16(17-11-27-15(2)28-12-17)6-7-19(18)33(31-23)13-22(35)32-8-9-37-25(32)24(36)30-21-5-3-4-20(26)29-21/h3-7,10-12,25H,8-9,13H2,1-2H3,(H,29,30,36). The molecule has 2 amide bonds. The number of carbonyl (C=O) groups excluding carboxylic acids is 3. The van der Waals surface area contributed by atoms with Crippen LogP contribution in [0.2, 0.25) is 0 Å². The topological polar surface area (TPSA) is 123 Å². The molecule has 4 aromatic rings. The summed E-state index contributed by atoms with van der Waals surface area (Å²) in [6, 6.07) is 10.8. The number of nitrogens with zero attached hydrogens (tertiary/aromatic N) is 6. The maximum absolute atomic E-state index is 13.3. The van der Waals surface area contributed by atoms with Crippen molar-refractivity contribution in [2.24, 2.45) is 0 Å². The van der Waals surface area contributed by atoms with E-state index in [9.17, 15) is 14.4 Å². The van der Waals surface area contributed by atoms with Crippen molar-refractivity contribution in [3.63, 3.8) is 0 Å². The molecule has 5 rings (SSSR count). The molecule has 4 heterocycles. The summed E-state index contributed by atoms with van der Waals surface area (Å²) in [6.45, 7) is 3.59. The number of anilines is 1. The third kappa shape index (κ3) is 5.25. The predicted molar refractivity (Wildman–Crippen MR) is 144 cm³/mol. The largest absolute Gasteiger partial charge is 0.319 e. The van der Waals surface area contributed by atoms with Crippen molar-refractivity contribution in [1.82, 2.24) is 29.6 Å². The van der Waals surface area contributed by atoms with Gasteiger partial charge in [-0.3, -0.25) is 19.1 Å².